The van der Waals surface area contributed by atoms with Crippen molar-refractivity contribution < 1.29 is 28.8 Å². The molecule has 14 nitrogen and oxygen atoms in total. The van der Waals surface area contributed by atoms with Gasteiger partial charge in [0.1, 0.15) is 12.1 Å². The summed E-state index contributed by atoms with van der Waals surface area (Å²) in [4.78, 5) is 92.9. The van der Waals surface area contributed by atoms with E-state index in [1.807, 2.05) is 100 Å². The Morgan fingerprint density at radius 2 is 1.00 bits per heavy atom. The van der Waals surface area contributed by atoms with E-state index in [4.69, 9.17) is 0 Å². The number of rotatable bonds is 25. The van der Waals surface area contributed by atoms with E-state index in [1.165, 1.54) is 18.4 Å². The van der Waals surface area contributed by atoms with Crippen LogP contribution >= 0.6 is 0 Å². The Bertz CT molecular complexity index is 2570. The first-order valence-electron chi connectivity index (χ1n) is 30.6. The minimum absolute atomic E-state index is 0.0389. The highest BCUT2D eigenvalue weighted by Gasteiger charge is 2.39. The number of benzene rings is 3. The maximum atomic E-state index is 14.7. The lowest BCUT2D eigenvalue weighted by molar-refractivity contribution is -0.138. The number of carbonyl (C=O) groups is 6. The zero-order valence-corrected chi connectivity index (χ0v) is 48.5. The summed E-state index contributed by atoms with van der Waals surface area (Å²) >= 11 is 0. The lowest BCUT2D eigenvalue weighted by Gasteiger charge is -2.35. The standard InChI is InChI=1S/C66H92N8O6/c1-47(67-3)61(75)69-59(43-51-23-13-7-14-24-51)65(79)73-39-17-27-57(73)45-71(41-37-49-19-9-5-10-20-49)63(77)55-33-29-53(30-34-55)54-31-35-56(36-32-54)64(78)72(42-38-50-21-11-6-12-22-50)46-58-28-18-40-74(58)66(80)60(70-62(76)48(2)68-4)44-52-25-15-8-16-26-52/h5-6,9-11,19-21,29-36,47-48,51-52,57-60,67-68H,7-8,12-18,22-28,37-46H2,1-4H3,(H,69,75)(H,70,76)/t47-,48-,57-,58-,59?,60?/m0/s1. The summed E-state index contributed by atoms with van der Waals surface area (Å²) < 4.78 is 0. The maximum absolute atomic E-state index is 14.7. The zero-order valence-electron chi connectivity index (χ0n) is 48.5. The van der Waals surface area contributed by atoms with Crippen LogP contribution in [0.15, 0.2) is 103 Å². The second-order valence-electron chi connectivity index (χ2n) is 23.7. The summed E-state index contributed by atoms with van der Waals surface area (Å²) in [6, 6.07) is 23.1. The third kappa shape index (κ3) is 16.5. The monoisotopic (exact) mass is 1090 g/mol. The molecule has 2 heterocycles. The molecule has 2 saturated heterocycles. The second kappa shape index (κ2) is 30.1. The minimum Gasteiger partial charge on any atom is -0.343 e. The van der Waals surface area contributed by atoms with E-state index in [1.54, 1.807) is 14.1 Å². The SMILES string of the molecule is CN[C@@H](C)C(=O)NC(CC1CCCCC1)C(=O)N1CCC[C@H]1CN(CCC1=CC=CCC1)C(=O)c1ccc(-c2ccc(C(=O)N(CCc3ccccc3)C[C@@H]3CCCN3C(=O)C(CC3CCCCC3)NC(=O)[C@H](C)NC)cc2)cc1. The predicted molar refractivity (Wildman–Crippen MR) is 318 cm³/mol. The molecule has 5 aliphatic rings. The van der Waals surface area contributed by atoms with E-state index in [2.05, 4.69) is 51.6 Å². The van der Waals surface area contributed by atoms with Crippen LogP contribution in [0.4, 0.5) is 0 Å². The van der Waals surface area contributed by atoms with Crippen molar-refractivity contribution in [3.63, 3.8) is 0 Å². The highest BCUT2D eigenvalue weighted by molar-refractivity contribution is 5.96. The fourth-order valence-electron chi connectivity index (χ4n) is 12.9. The Balaban J connectivity index is 0.961. The summed E-state index contributed by atoms with van der Waals surface area (Å²) in [5.74, 6) is 0.171. The molecule has 2 unspecified atom stereocenters. The molecule has 6 amide bonds. The molecule has 432 valence electrons. The number of allylic oxidation sites excluding steroid dienone is 3. The van der Waals surface area contributed by atoms with Gasteiger partial charge in [-0.15, -0.1) is 0 Å². The first-order chi connectivity index (χ1) is 38.9. The summed E-state index contributed by atoms with van der Waals surface area (Å²) in [5, 5.41) is 12.3. The van der Waals surface area contributed by atoms with E-state index in [9.17, 15) is 28.8 Å². The zero-order chi connectivity index (χ0) is 56.4. The first-order valence-corrected chi connectivity index (χ1v) is 30.6. The van der Waals surface area contributed by atoms with Crippen LogP contribution in [0.25, 0.3) is 11.1 Å². The van der Waals surface area contributed by atoms with Gasteiger partial charge >= 0.3 is 0 Å². The number of carbonyl (C=O) groups excluding carboxylic acids is 6. The third-order valence-electron chi connectivity index (χ3n) is 18.1. The van der Waals surface area contributed by atoms with Crippen molar-refractivity contribution in [2.24, 2.45) is 11.8 Å². The van der Waals surface area contributed by atoms with Crippen molar-refractivity contribution in [1.82, 2.24) is 40.9 Å². The van der Waals surface area contributed by atoms with Crippen LogP contribution in [0.5, 0.6) is 0 Å². The molecule has 8 rings (SSSR count). The fraction of sp³-hybridized carbons (Fsp3) is 0.576. The topological polar surface area (TPSA) is 163 Å². The van der Waals surface area contributed by atoms with Gasteiger partial charge in [0.25, 0.3) is 11.8 Å². The number of hydrogen-bond donors (Lipinski definition) is 4. The smallest absolute Gasteiger partial charge is 0.253 e. The molecule has 0 spiro atoms. The quantitative estimate of drug-likeness (QED) is 0.0653. The van der Waals surface area contributed by atoms with Gasteiger partial charge in [0.05, 0.1) is 12.1 Å². The van der Waals surface area contributed by atoms with E-state index in [-0.39, 0.29) is 47.5 Å². The summed E-state index contributed by atoms with van der Waals surface area (Å²) in [6.07, 6.45) is 25.6. The van der Waals surface area contributed by atoms with Crippen molar-refractivity contribution in [1.29, 1.82) is 0 Å². The van der Waals surface area contributed by atoms with E-state index in [0.717, 1.165) is 113 Å². The molecule has 2 aliphatic heterocycles. The highest BCUT2D eigenvalue weighted by atomic mass is 16.2. The van der Waals surface area contributed by atoms with Gasteiger partial charge < -0.3 is 40.9 Å². The van der Waals surface area contributed by atoms with Crippen molar-refractivity contribution in [3.8, 4) is 11.1 Å². The van der Waals surface area contributed by atoms with E-state index >= 15 is 0 Å². The van der Waals surface area contributed by atoms with Crippen LogP contribution in [-0.4, -0.2) is 145 Å². The van der Waals surface area contributed by atoms with Crippen molar-refractivity contribution >= 4 is 35.4 Å². The minimum atomic E-state index is -0.611. The van der Waals surface area contributed by atoms with Crippen LogP contribution in [0.1, 0.15) is 162 Å². The van der Waals surface area contributed by atoms with Gasteiger partial charge in [-0.25, -0.2) is 0 Å². The molecule has 0 aromatic heterocycles. The maximum Gasteiger partial charge on any atom is 0.253 e. The van der Waals surface area contributed by atoms with Gasteiger partial charge in [-0.2, -0.15) is 0 Å². The van der Waals surface area contributed by atoms with Crippen LogP contribution in [0, 0.1) is 11.8 Å². The second-order valence-corrected chi connectivity index (χ2v) is 23.7. The molecule has 4 N–H and O–H groups in total. The number of nitrogens with one attached hydrogen (secondary N) is 4. The molecule has 3 aromatic carbocycles. The molecule has 3 aliphatic carbocycles. The highest BCUT2D eigenvalue weighted by Crippen LogP contribution is 2.32. The Morgan fingerprint density at radius 3 is 1.43 bits per heavy atom. The van der Waals surface area contributed by atoms with Gasteiger partial charge in [0.15, 0.2) is 0 Å². The van der Waals surface area contributed by atoms with Crippen LogP contribution < -0.4 is 21.3 Å². The average Bonchev–Trinajstić information content (AvgIpc) is 4.19. The van der Waals surface area contributed by atoms with Gasteiger partial charge in [-0.1, -0.05) is 143 Å². The predicted octanol–water partition coefficient (Wildman–Crippen LogP) is 9.26. The molecule has 0 bridgehead atoms. The molecule has 0 radical (unpaired) electrons. The molecule has 3 aromatic rings. The van der Waals surface area contributed by atoms with Crippen LogP contribution in [0.2, 0.25) is 0 Å². The van der Waals surface area contributed by atoms with Crippen LogP contribution in [-0.2, 0) is 25.6 Å². The summed E-state index contributed by atoms with van der Waals surface area (Å²) in [7, 11) is 3.51. The molecule has 4 fully saturated rings. The Morgan fingerprint density at radius 1 is 0.550 bits per heavy atom. The van der Waals surface area contributed by atoms with Gasteiger partial charge in [-0.3, -0.25) is 28.8 Å². The number of likely N-dealkylation sites (tertiary alicyclic amines) is 2. The Kier molecular flexibility index (Phi) is 22.6. The average molecular weight is 1090 g/mol. The Hall–Kier alpha value is -6.12. The van der Waals surface area contributed by atoms with Crippen molar-refractivity contribution in [2.45, 2.75) is 179 Å². The van der Waals surface area contributed by atoms with Gasteiger partial charge in [0.2, 0.25) is 23.6 Å². The normalized spacial score (nSPS) is 20.3. The largest absolute Gasteiger partial charge is 0.343 e. The van der Waals surface area contributed by atoms with Gasteiger partial charge in [-0.05, 0) is 145 Å². The Labute approximate surface area is 477 Å². The molecule has 14 heteroatoms. The lowest BCUT2D eigenvalue weighted by atomic mass is 9.84. The van der Waals surface area contributed by atoms with Crippen molar-refractivity contribution in [3.05, 3.63) is 119 Å². The number of amides is 6. The van der Waals surface area contributed by atoms with Crippen LogP contribution in [0.3, 0.4) is 0 Å². The summed E-state index contributed by atoms with van der Waals surface area (Å²) in [5.41, 5.74) is 5.39. The molecule has 6 atom stereocenters. The fourth-order valence-corrected chi connectivity index (χ4v) is 12.9. The molecular formula is C66H92N8O6. The number of nitrogens with zero attached hydrogens (tertiary/aromatic N) is 4. The van der Waals surface area contributed by atoms with E-state index < -0.39 is 24.2 Å². The van der Waals surface area contributed by atoms with Gasteiger partial charge in [0, 0.05) is 62.5 Å². The lowest BCUT2D eigenvalue weighted by Crippen LogP contribution is -2.55. The van der Waals surface area contributed by atoms with Crippen molar-refractivity contribution in [2.75, 3.05) is 53.4 Å². The number of likely N-dealkylation sites (N-methyl/N-ethyl adjacent to an activating group) is 2. The van der Waals surface area contributed by atoms with E-state index in [0.29, 0.717) is 81.5 Å². The molecule has 80 heavy (non-hydrogen) atoms. The molecular weight excluding hydrogens is 1000 g/mol. The third-order valence-corrected chi connectivity index (χ3v) is 18.1. The first kappa shape index (κ1) is 60.0. The number of hydrogen-bond acceptors (Lipinski definition) is 8. The summed E-state index contributed by atoms with van der Waals surface area (Å²) in [6.45, 7) is 6.63. The molecule has 2 saturated carbocycles.